The summed E-state index contributed by atoms with van der Waals surface area (Å²) in [5, 5.41) is 0.424. The summed E-state index contributed by atoms with van der Waals surface area (Å²) >= 11 is 6.22. The van der Waals surface area contributed by atoms with E-state index in [1.807, 2.05) is 18.2 Å². The molecule has 2 aliphatic rings. The van der Waals surface area contributed by atoms with Gasteiger partial charge in [-0.3, -0.25) is 4.98 Å². The Hall–Kier alpha value is -1.85. The molecule has 3 heterocycles. The zero-order valence-corrected chi connectivity index (χ0v) is 17.4. The zero-order valence-electron chi connectivity index (χ0n) is 15.8. The van der Waals surface area contributed by atoms with Crippen LogP contribution in [0.4, 0.5) is 0 Å². The predicted octanol–water partition coefficient (Wildman–Crippen LogP) is 4.63. The fourth-order valence-corrected chi connectivity index (χ4v) is 6.12. The van der Waals surface area contributed by atoms with Gasteiger partial charge < -0.3 is 4.90 Å². The Bertz CT molecular complexity index is 1060. The number of allylic oxidation sites excluding steroid dienone is 1. The number of likely N-dealkylation sites (tertiary alicyclic amines) is 1. The molecule has 2 aromatic rings. The third-order valence-corrected chi connectivity index (χ3v) is 8.49. The maximum absolute atomic E-state index is 13.6. The van der Waals surface area contributed by atoms with Crippen molar-refractivity contribution >= 4 is 27.0 Å². The van der Waals surface area contributed by atoms with Gasteiger partial charge >= 0.3 is 0 Å². The van der Waals surface area contributed by atoms with Crippen molar-refractivity contribution in [1.29, 1.82) is 0 Å². The van der Waals surface area contributed by atoms with E-state index in [-0.39, 0.29) is 0 Å². The first-order valence-corrected chi connectivity index (χ1v) is 11.1. The molecule has 2 aliphatic heterocycles. The van der Waals surface area contributed by atoms with Gasteiger partial charge in [0.15, 0.2) is 9.84 Å². The first-order chi connectivity index (χ1) is 12.7. The van der Waals surface area contributed by atoms with Crippen molar-refractivity contribution in [3.05, 3.63) is 64.1 Å². The van der Waals surface area contributed by atoms with E-state index in [1.165, 1.54) is 0 Å². The van der Waals surface area contributed by atoms with E-state index >= 15 is 0 Å². The number of sulfone groups is 1. The fraction of sp³-hybridized carbons (Fsp3) is 0.381. The summed E-state index contributed by atoms with van der Waals surface area (Å²) in [6, 6.07) is 8.88. The number of aromatic nitrogens is 1. The molecule has 0 spiro atoms. The number of fused-ring (bicyclic) bond motifs is 2. The van der Waals surface area contributed by atoms with Crippen LogP contribution in [0.3, 0.4) is 0 Å². The van der Waals surface area contributed by atoms with Crippen LogP contribution in [0.15, 0.2) is 47.1 Å². The SMILES string of the molecule is CN1CCCCC1=C1c2ccc(Cl)cc2S(=O)(=O)C(C)(C)c2cccnc21. The normalized spacial score (nSPS) is 23.3. The molecule has 6 heteroatoms. The number of piperidine rings is 1. The van der Waals surface area contributed by atoms with Crippen molar-refractivity contribution in [2.24, 2.45) is 0 Å². The van der Waals surface area contributed by atoms with Crippen LogP contribution in [-0.4, -0.2) is 31.9 Å². The summed E-state index contributed by atoms with van der Waals surface area (Å²) in [5.74, 6) is 0. The molecule has 0 radical (unpaired) electrons. The molecule has 0 saturated carbocycles. The lowest BCUT2D eigenvalue weighted by atomic mass is 9.89. The maximum Gasteiger partial charge on any atom is 0.188 e. The Morgan fingerprint density at radius 3 is 2.70 bits per heavy atom. The molecule has 142 valence electrons. The van der Waals surface area contributed by atoms with Gasteiger partial charge in [0, 0.05) is 41.6 Å². The van der Waals surface area contributed by atoms with E-state index in [1.54, 1.807) is 32.2 Å². The largest absolute Gasteiger partial charge is 0.377 e. The minimum Gasteiger partial charge on any atom is -0.377 e. The number of pyridine rings is 1. The van der Waals surface area contributed by atoms with Crippen molar-refractivity contribution in [3.63, 3.8) is 0 Å². The summed E-state index contributed by atoms with van der Waals surface area (Å²) < 4.78 is 26.2. The minimum absolute atomic E-state index is 0.291. The lowest BCUT2D eigenvalue weighted by Crippen LogP contribution is -2.29. The highest BCUT2D eigenvalue weighted by molar-refractivity contribution is 7.92. The van der Waals surface area contributed by atoms with Crippen LogP contribution in [0, 0.1) is 0 Å². The molecule has 1 aromatic carbocycles. The second-order valence-electron chi connectivity index (χ2n) is 7.75. The van der Waals surface area contributed by atoms with Crippen LogP contribution in [0.25, 0.3) is 5.57 Å². The molecular weight excluding hydrogens is 380 g/mol. The second kappa shape index (κ2) is 6.35. The van der Waals surface area contributed by atoms with Gasteiger partial charge in [-0.1, -0.05) is 23.7 Å². The topological polar surface area (TPSA) is 50.3 Å². The monoisotopic (exact) mass is 402 g/mol. The van der Waals surface area contributed by atoms with Gasteiger partial charge in [0.2, 0.25) is 0 Å². The molecule has 4 rings (SSSR count). The highest BCUT2D eigenvalue weighted by atomic mass is 35.5. The van der Waals surface area contributed by atoms with E-state index in [4.69, 9.17) is 11.6 Å². The molecular formula is C21H23ClN2O2S. The van der Waals surface area contributed by atoms with Crippen molar-refractivity contribution in [2.75, 3.05) is 13.6 Å². The molecule has 0 unspecified atom stereocenters. The van der Waals surface area contributed by atoms with E-state index in [0.717, 1.165) is 48.3 Å². The van der Waals surface area contributed by atoms with Crippen molar-refractivity contribution < 1.29 is 8.42 Å². The number of rotatable bonds is 0. The molecule has 0 bridgehead atoms. The highest BCUT2D eigenvalue weighted by Gasteiger charge is 2.45. The molecule has 0 atom stereocenters. The molecule has 1 saturated heterocycles. The van der Waals surface area contributed by atoms with Crippen LogP contribution >= 0.6 is 11.6 Å². The van der Waals surface area contributed by atoms with Gasteiger partial charge in [-0.25, -0.2) is 8.42 Å². The zero-order chi connectivity index (χ0) is 19.4. The smallest absolute Gasteiger partial charge is 0.188 e. The molecule has 27 heavy (non-hydrogen) atoms. The maximum atomic E-state index is 13.6. The quantitative estimate of drug-likeness (QED) is 0.644. The molecule has 0 N–H and O–H groups in total. The highest BCUT2D eigenvalue weighted by Crippen LogP contribution is 2.47. The van der Waals surface area contributed by atoms with Crippen LogP contribution in [0.1, 0.15) is 49.9 Å². The van der Waals surface area contributed by atoms with Gasteiger partial charge in [0.25, 0.3) is 0 Å². The van der Waals surface area contributed by atoms with E-state index in [9.17, 15) is 8.42 Å². The number of hydrogen-bond acceptors (Lipinski definition) is 4. The molecule has 0 amide bonds. The van der Waals surface area contributed by atoms with Gasteiger partial charge in [0.1, 0.15) is 0 Å². The second-order valence-corrected chi connectivity index (χ2v) is 10.7. The van der Waals surface area contributed by atoms with E-state index < -0.39 is 14.6 Å². The van der Waals surface area contributed by atoms with Crippen molar-refractivity contribution in [3.8, 4) is 0 Å². The Labute approximate surface area is 165 Å². The van der Waals surface area contributed by atoms with Crippen LogP contribution in [0.2, 0.25) is 5.02 Å². The summed E-state index contributed by atoms with van der Waals surface area (Å²) in [6.45, 7) is 4.47. The minimum atomic E-state index is -3.66. The number of halogens is 1. The standard InChI is InChI=1S/C21H23ClN2O2S/c1-21(2)16-7-6-11-23-20(16)19(17-8-4-5-12-24(17)3)15-10-9-14(22)13-18(15)27(21,25)26/h6-7,9-11,13H,4-5,8,12H2,1-3H3. The van der Waals surface area contributed by atoms with E-state index in [0.29, 0.717) is 15.5 Å². The average molecular weight is 403 g/mol. The molecule has 4 nitrogen and oxygen atoms in total. The van der Waals surface area contributed by atoms with Crippen molar-refractivity contribution in [1.82, 2.24) is 9.88 Å². The number of benzene rings is 1. The third kappa shape index (κ3) is 2.71. The van der Waals surface area contributed by atoms with Crippen LogP contribution in [-0.2, 0) is 14.6 Å². The first kappa shape index (κ1) is 18.5. The fourth-order valence-electron chi connectivity index (χ4n) is 4.14. The lowest BCUT2D eigenvalue weighted by molar-refractivity contribution is 0.347. The van der Waals surface area contributed by atoms with Crippen LogP contribution in [0.5, 0.6) is 0 Å². The summed E-state index contributed by atoms with van der Waals surface area (Å²) in [7, 11) is -1.59. The Kier molecular flexibility index (Phi) is 4.35. The molecule has 1 fully saturated rings. The van der Waals surface area contributed by atoms with Crippen molar-refractivity contribution in [2.45, 2.75) is 42.8 Å². The van der Waals surface area contributed by atoms with Gasteiger partial charge in [0.05, 0.1) is 15.3 Å². The lowest BCUT2D eigenvalue weighted by Gasteiger charge is -2.31. The summed E-state index contributed by atoms with van der Waals surface area (Å²) in [5.41, 5.74) is 4.27. The van der Waals surface area contributed by atoms with E-state index in [2.05, 4.69) is 16.9 Å². The Morgan fingerprint density at radius 2 is 1.96 bits per heavy atom. The predicted molar refractivity (Wildman–Crippen MR) is 108 cm³/mol. The number of nitrogens with zero attached hydrogens (tertiary/aromatic N) is 2. The summed E-state index contributed by atoms with van der Waals surface area (Å²) in [6.07, 6.45) is 4.88. The average Bonchev–Trinajstić information content (AvgIpc) is 2.69. The third-order valence-electron chi connectivity index (χ3n) is 5.77. The Morgan fingerprint density at radius 1 is 1.19 bits per heavy atom. The number of hydrogen-bond donors (Lipinski definition) is 0. The summed E-state index contributed by atoms with van der Waals surface area (Å²) in [4.78, 5) is 7.20. The Balaban J connectivity index is 2.20. The van der Waals surface area contributed by atoms with Gasteiger partial charge in [-0.2, -0.15) is 0 Å². The van der Waals surface area contributed by atoms with Crippen LogP contribution < -0.4 is 0 Å². The van der Waals surface area contributed by atoms with Gasteiger partial charge in [-0.05, 0) is 56.9 Å². The first-order valence-electron chi connectivity index (χ1n) is 9.20. The molecule has 0 aliphatic carbocycles. The van der Waals surface area contributed by atoms with Gasteiger partial charge in [-0.15, -0.1) is 0 Å². The molecule has 1 aromatic heterocycles.